The van der Waals surface area contributed by atoms with Crippen molar-refractivity contribution < 1.29 is 9.47 Å². The van der Waals surface area contributed by atoms with Gasteiger partial charge in [-0.1, -0.05) is 72.8 Å². The van der Waals surface area contributed by atoms with Crippen LogP contribution in [-0.4, -0.2) is 6.29 Å². The van der Waals surface area contributed by atoms with Crippen LogP contribution in [0.1, 0.15) is 43.1 Å². The molecule has 0 unspecified atom stereocenters. The molecule has 1 aliphatic heterocycles. The fraction of sp³-hybridized carbons (Fsp3) is 0.300. The van der Waals surface area contributed by atoms with Crippen LogP contribution in [0.25, 0.3) is 0 Å². The van der Waals surface area contributed by atoms with Crippen molar-refractivity contribution in [2.24, 2.45) is 0 Å². The van der Waals surface area contributed by atoms with E-state index in [0.29, 0.717) is 0 Å². The average Bonchev–Trinajstić information content (AvgIpc) is 3.01. The summed E-state index contributed by atoms with van der Waals surface area (Å²) >= 11 is 0. The van der Waals surface area contributed by atoms with Crippen molar-refractivity contribution in [3.8, 4) is 0 Å². The molecule has 1 aliphatic rings. The molecule has 3 rings (SSSR count). The summed E-state index contributed by atoms with van der Waals surface area (Å²) in [6, 6.07) is 20.7. The largest absolute Gasteiger partial charge is 0.342 e. The van der Waals surface area contributed by atoms with E-state index < -0.39 is 0 Å². The maximum atomic E-state index is 6.20. The summed E-state index contributed by atoms with van der Waals surface area (Å²) < 4.78 is 12.4. The van der Waals surface area contributed by atoms with Crippen LogP contribution in [0.4, 0.5) is 0 Å². The zero-order chi connectivity index (χ0) is 15.2. The molecule has 0 aliphatic carbocycles. The highest BCUT2D eigenvalue weighted by Crippen LogP contribution is 2.43. The van der Waals surface area contributed by atoms with Crippen molar-refractivity contribution in [1.29, 1.82) is 0 Å². The Bertz CT molecular complexity index is 544. The molecule has 0 aromatic heterocycles. The second-order valence-electron chi connectivity index (χ2n) is 5.51. The smallest absolute Gasteiger partial charge is 0.159 e. The van der Waals surface area contributed by atoms with Gasteiger partial charge in [-0.25, -0.2) is 0 Å². The molecule has 1 saturated heterocycles. The third-order valence-electron chi connectivity index (χ3n) is 3.93. The third-order valence-corrected chi connectivity index (χ3v) is 3.93. The molecule has 2 atom stereocenters. The topological polar surface area (TPSA) is 18.5 Å². The number of ether oxygens (including phenoxy) is 2. The summed E-state index contributed by atoms with van der Waals surface area (Å²) in [6.45, 7) is 2.04. The molecule has 0 radical (unpaired) electrons. The predicted molar refractivity (Wildman–Crippen MR) is 88.4 cm³/mol. The van der Waals surface area contributed by atoms with E-state index >= 15 is 0 Å². The van der Waals surface area contributed by atoms with Gasteiger partial charge in [0.25, 0.3) is 0 Å². The van der Waals surface area contributed by atoms with E-state index in [4.69, 9.17) is 9.47 Å². The summed E-state index contributed by atoms with van der Waals surface area (Å²) in [5, 5.41) is 0. The minimum Gasteiger partial charge on any atom is -0.342 e. The van der Waals surface area contributed by atoms with E-state index in [2.05, 4.69) is 36.4 Å². The molecule has 0 N–H and O–H groups in total. The van der Waals surface area contributed by atoms with Crippen LogP contribution in [0, 0.1) is 0 Å². The number of hydrogen-bond donors (Lipinski definition) is 0. The van der Waals surface area contributed by atoms with Crippen molar-refractivity contribution in [1.82, 2.24) is 0 Å². The van der Waals surface area contributed by atoms with Crippen molar-refractivity contribution in [2.75, 3.05) is 0 Å². The van der Waals surface area contributed by atoms with E-state index in [9.17, 15) is 0 Å². The zero-order valence-electron chi connectivity index (χ0n) is 12.9. The monoisotopic (exact) mass is 294 g/mol. The lowest BCUT2D eigenvalue weighted by Crippen LogP contribution is -2.07. The molecule has 22 heavy (non-hydrogen) atoms. The van der Waals surface area contributed by atoms with E-state index in [1.165, 1.54) is 11.1 Å². The Hall–Kier alpha value is -1.90. The number of benzene rings is 2. The lowest BCUT2D eigenvalue weighted by atomic mass is 9.99. The molecule has 0 spiro atoms. The Balaban J connectivity index is 1.81. The lowest BCUT2D eigenvalue weighted by Gasteiger charge is -2.17. The van der Waals surface area contributed by atoms with Crippen molar-refractivity contribution in [3.63, 3.8) is 0 Å². The number of allylic oxidation sites excluding steroid dienone is 2. The highest BCUT2D eigenvalue weighted by Gasteiger charge is 2.37. The fourth-order valence-corrected chi connectivity index (χ4v) is 2.83. The van der Waals surface area contributed by atoms with Crippen LogP contribution >= 0.6 is 0 Å². The number of rotatable bonds is 5. The van der Waals surface area contributed by atoms with Crippen molar-refractivity contribution in [2.45, 2.75) is 38.3 Å². The molecule has 0 saturated carbocycles. The highest BCUT2D eigenvalue weighted by atomic mass is 16.7. The van der Waals surface area contributed by atoms with Gasteiger partial charge in [0.2, 0.25) is 0 Å². The van der Waals surface area contributed by atoms with Gasteiger partial charge in [0, 0.05) is 6.42 Å². The van der Waals surface area contributed by atoms with E-state index in [0.717, 1.165) is 12.8 Å². The van der Waals surface area contributed by atoms with Gasteiger partial charge in [0.15, 0.2) is 6.29 Å². The first-order valence-electron chi connectivity index (χ1n) is 7.90. The highest BCUT2D eigenvalue weighted by molar-refractivity contribution is 5.26. The predicted octanol–water partition coefficient (Wildman–Crippen LogP) is 5.20. The summed E-state index contributed by atoms with van der Waals surface area (Å²) in [6.07, 6.45) is 5.85. The second kappa shape index (κ2) is 7.39. The van der Waals surface area contributed by atoms with Gasteiger partial charge in [-0.15, -0.1) is 0 Å². The maximum absolute atomic E-state index is 6.20. The summed E-state index contributed by atoms with van der Waals surface area (Å²) in [7, 11) is 0. The summed E-state index contributed by atoms with van der Waals surface area (Å²) in [5.41, 5.74) is 2.34. The van der Waals surface area contributed by atoms with Crippen LogP contribution < -0.4 is 0 Å². The first-order chi connectivity index (χ1) is 10.9. The minimum atomic E-state index is -0.147. The zero-order valence-corrected chi connectivity index (χ0v) is 12.9. The first kappa shape index (κ1) is 15.0. The molecule has 114 valence electrons. The van der Waals surface area contributed by atoms with E-state index in [1.54, 1.807) is 0 Å². The van der Waals surface area contributed by atoms with Gasteiger partial charge < -0.3 is 9.47 Å². The van der Waals surface area contributed by atoms with Crippen molar-refractivity contribution in [3.05, 3.63) is 83.9 Å². The van der Waals surface area contributed by atoms with Crippen LogP contribution in [0.5, 0.6) is 0 Å². The standard InChI is InChI=1S/C20H22O2/c1-2-3-6-15-18-21-19(16-11-7-4-8-12-16)20(22-18)17-13-9-5-10-14-17/h2-5,7-14,18-20H,6,15H2,1H3/b3-2+/t19-,20-/m0/s1. The van der Waals surface area contributed by atoms with Gasteiger partial charge in [0.05, 0.1) is 0 Å². The lowest BCUT2D eigenvalue weighted by molar-refractivity contribution is -0.0704. The first-order valence-corrected chi connectivity index (χ1v) is 7.90. The minimum absolute atomic E-state index is 0.0424. The van der Waals surface area contributed by atoms with E-state index in [-0.39, 0.29) is 18.5 Å². The SMILES string of the molecule is C/C=C/CCC1O[C@@H](c2ccccc2)[C@H](c2ccccc2)O1. The number of hydrogen-bond acceptors (Lipinski definition) is 2. The molecule has 1 heterocycles. The molecule has 2 nitrogen and oxygen atoms in total. The van der Waals surface area contributed by atoms with Crippen molar-refractivity contribution >= 4 is 0 Å². The van der Waals surface area contributed by atoms with Gasteiger partial charge >= 0.3 is 0 Å². The maximum Gasteiger partial charge on any atom is 0.159 e. The normalized spacial score (nSPS) is 22.4. The molecule has 0 bridgehead atoms. The van der Waals surface area contributed by atoms with Crippen LogP contribution in [0.2, 0.25) is 0 Å². The van der Waals surface area contributed by atoms with Gasteiger partial charge in [-0.05, 0) is 24.5 Å². The Kier molecular flexibility index (Phi) is 5.04. The molecule has 2 aromatic rings. The molecule has 1 fully saturated rings. The van der Waals surface area contributed by atoms with Crippen LogP contribution in [0.15, 0.2) is 72.8 Å². The molecular weight excluding hydrogens is 272 g/mol. The van der Waals surface area contributed by atoms with Gasteiger partial charge in [-0.2, -0.15) is 0 Å². The molecule has 0 amide bonds. The average molecular weight is 294 g/mol. The fourth-order valence-electron chi connectivity index (χ4n) is 2.83. The quantitative estimate of drug-likeness (QED) is 0.706. The Labute approximate surface area is 132 Å². The summed E-state index contributed by atoms with van der Waals surface area (Å²) in [4.78, 5) is 0. The molecular formula is C20H22O2. The Morgan fingerprint density at radius 1 is 0.818 bits per heavy atom. The Morgan fingerprint density at radius 2 is 1.32 bits per heavy atom. The molecule has 2 heteroatoms. The van der Waals surface area contributed by atoms with Crippen LogP contribution in [0.3, 0.4) is 0 Å². The van der Waals surface area contributed by atoms with Gasteiger partial charge in [0.1, 0.15) is 12.2 Å². The molecule has 2 aromatic carbocycles. The third kappa shape index (κ3) is 3.46. The van der Waals surface area contributed by atoms with Gasteiger partial charge in [-0.3, -0.25) is 0 Å². The second-order valence-corrected chi connectivity index (χ2v) is 5.51. The van der Waals surface area contributed by atoms with E-state index in [1.807, 2.05) is 43.3 Å². The van der Waals surface area contributed by atoms with Crippen LogP contribution in [-0.2, 0) is 9.47 Å². The Morgan fingerprint density at radius 3 is 1.77 bits per heavy atom. The summed E-state index contributed by atoms with van der Waals surface area (Å²) in [5.74, 6) is 0.